The van der Waals surface area contributed by atoms with Crippen molar-refractivity contribution in [1.82, 2.24) is 9.78 Å². The van der Waals surface area contributed by atoms with Crippen LogP contribution in [0, 0.1) is 13.8 Å². The minimum Gasteiger partial charge on any atom is -0.448 e. The maximum atomic E-state index is 12.1. The summed E-state index contributed by atoms with van der Waals surface area (Å²) in [5.41, 5.74) is -1.30. The van der Waals surface area contributed by atoms with Crippen LogP contribution in [0.25, 0.3) is 0 Å². The molecule has 9 heteroatoms. The van der Waals surface area contributed by atoms with Gasteiger partial charge in [0.05, 0.1) is 0 Å². The van der Waals surface area contributed by atoms with Gasteiger partial charge in [0, 0.05) is 17.6 Å². The van der Waals surface area contributed by atoms with Crippen LogP contribution in [0.15, 0.2) is 9.59 Å². The van der Waals surface area contributed by atoms with E-state index in [1.807, 2.05) is 5.10 Å². The Balaban J connectivity index is 0.00000225. The van der Waals surface area contributed by atoms with Crippen molar-refractivity contribution >= 4 is 6.98 Å². The summed E-state index contributed by atoms with van der Waals surface area (Å²) >= 11 is 0. The van der Waals surface area contributed by atoms with Crippen molar-refractivity contribution in [2.45, 2.75) is 20.3 Å². The van der Waals surface area contributed by atoms with E-state index in [-0.39, 0.29) is 62.5 Å². The molecule has 0 saturated heterocycles. The van der Waals surface area contributed by atoms with Crippen LogP contribution >= 0.6 is 0 Å². The third-order valence-electron chi connectivity index (χ3n) is 2.10. The molecule has 1 N–H and O–H groups in total. The van der Waals surface area contributed by atoms with Gasteiger partial charge >= 0.3 is 58.4 Å². The van der Waals surface area contributed by atoms with Gasteiger partial charge < -0.3 is 12.9 Å². The summed E-state index contributed by atoms with van der Waals surface area (Å²) in [6.45, 7) is -2.43. The number of aromatic nitrogens is 2. The maximum Gasteiger partial charge on any atom is 1.00 e. The number of aromatic amines is 1. The van der Waals surface area contributed by atoms with E-state index in [0.717, 1.165) is 0 Å². The number of halogens is 3. The Bertz CT molecular complexity index is 494. The fraction of sp³-hybridized carbons (Fsp3) is 0.429. The topological polar surface area (TPSA) is 54.9 Å². The zero-order valence-corrected chi connectivity index (χ0v) is 12.3. The molecule has 84 valence electrons. The van der Waals surface area contributed by atoms with Gasteiger partial charge in [0.25, 0.3) is 11.1 Å². The molecule has 0 saturated carbocycles. The van der Waals surface area contributed by atoms with E-state index in [1.165, 1.54) is 13.8 Å². The standard InChI is InChI=1S/C7H9BF3N2O2.K/c1-4-5(2)7(15)13(12-6(4)14)3-8(9,10)11;/h3H2,1-2H3,(H,12,14);/q-1;+1. The van der Waals surface area contributed by atoms with Gasteiger partial charge in [0.1, 0.15) is 0 Å². The Morgan fingerprint density at radius 1 is 1.19 bits per heavy atom. The Morgan fingerprint density at radius 3 is 2.12 bits per heavy atom. The molecule has 1 aromatic rings. The van der Waals surface area contributed by atoms with Crippen LogP contribution in [0.3, 0.4) is 0 Å². The second kappa shape index (κ2) is 5.67. The second-order valence-corrected chi connectivity index (χ2v) is 3.32. The monoisotopic (exact) mass is 260 g/mol. The quantitative estimate of drug-likeness (QED) is 0.600. The summed E-state index contributed by atoms with van der Waals surface area (Å²) in [6, 6.07) is 0. The minimum atomic E-state index is -5.15. The van der Waals surface area contributed by atoms with Gasteiger partial charge in [0.15, 0.2) is 0 Å². The number of nitrogens with one attached hydrogen (secondary N) is 1. The Kier molecular flexibility index (Phi) is 5.74. The molecule has 0 atom stereocenters. The first-order valence-electron chi connectivity index (χ1n) is 4.23. The average Bonchev–Trinajstić information content (AvgIpc) is 2.08. The molecule has 16 heavy (non-hydrogen) atoms. The van der Waals surface area contributed by atoms with Crippen molar-refractivity contribution < 1.29 is 64.3 Å². The Morgan fingerprint density at radius 2 is 1.69 bits per heavy atom. The van der Waals surface area contributed by atoms with Crippen molar-refractivity contribution in [3.05, 3.63) is 31.8 Å². The molecule has 0 radical (unpaired) electrons. The molecule has 0 spiro atoms. The summed E-state index contributed by atoms with van der Waals surface area (Å²) < 4.78 is 36.5. The van der Waals surface area contributed by atoms with Crippen LogP contribution < -0.4 is 62.5 Å². The molecule has 0 unspecified atom stereocenters. The van der Waals surface area contributed by atoms with Gasteiger partial charge in [0.2, 0.25) is 0 Å². The Hall–Kier alpha value is 0.171. The zero-order valence-electron chi connectivity index (χ0n) is 9.18. The van der Waals surface area contributed by atoms with Gasteiger partial charge in [-0.3, -0.25) is 19.4 Å². The van der Waals surface area contributed by atoms with Crippen LogP contribution in [0.2, 0.25) is 0 Å². The van der Waals surface area contributed by atoms with Crippen LogP contribution in [0.4, 0.5) is 12.9 Å². The third kappa shape index (κ3) is 3.88. The second-order valence-electron chi connectivity index (χ2n) is 3.32. The fourth-order valence-electron chi connectivity index (χ4n) is 1.13. The van der Waals surface area contributed by atoms with Crippen molar-refractivity contribution in [3.63, 3.8) is 0 Å². The first-order valence-corrected chi connectivity index (χ1v) is 4.23. The third-order valence-corrected chi connectivity index (χ3v) is 2.10. The molecule has 0 aliphatic carbocycles. The molecule has 0 aromatic carbocycles. The van der Waals surface area contributed by atoms with Crippen LogP contribution in [0.5, 0.6) is 0 Å². The molecule has 0 aliphatic rings. The summed E-state index contributed by atoms with van der Waals surface area (Å²) in [6.07, 6.45) is -1.42. The molecule has 1 rings (SSSR count). The van der Waals surface area contributed by atoms with Crippen LogP contribution in [0.1, 0.15) is 11.1 Å². The van der Waals surface area contributed by atoms with E-state index in [9.17, 15) is 22.5 Å². The number of hydrogen-bond acceptors (Lipinski definition) is 2. The summed E-state index contributed by atoms with van der Waals surface area (Å²) in [7, 11) is 0. The predicted molar refractivity (Wildman–Crippen MR) is 49.9 cm³/mol. The summed E-state index contributed by atoms with van der Waals surface area (Å²) in [4.78, 5) is 22.4. The smallest absolute Gasteiger partial charge is 0.448 e. The SMILES string of the molecule is Cc1c(C)c(=O)n(C[B-](F)(F)F)[nH]c1=O.[K+]. The van der Waals surface area contributed by atoms with Crippen LogP contribution in [-0.4, -0.2) is 16.8 Å². The van der Waals surface area contributed by atoms with Gasteiger partial charge in [-0.2, -0.15) is 0 Å². The van der Waals surface area contributed by atoms with E-state index in [2.05, 4.69) is 0 Å². The largest absolute Gasteiger partial charge is 1.00 e. The number of nitrogens with zero attached hydrogens (tertiary/aromatic N) is 1. The molecular formula is C7H9BF3KN2O2. The summed E-state index contributed by atoms with van der Waals surface area (Å²) in [5, 5.41) is 1.89. The van der Waals surface area contributed by atoms with Gasteiger partial charge in [-0.05, 0) is 13.8 Å². The van der Waals surface area contributed by atoms with E-state index in [0.29, 0.717) is 4.68 Å². The number of rotatable bonds is 2. The molecule has 0 aliphatic heterocycles. The van der Waals surface area contributed by atoms with E-state index in [4.69, 9.17) is 0 Å². The normalized spacial score (nSPS) is 11.1. The van der Waals surface area contributed by atoms with Gasteiger partial charge in [-0.15, -0.1) is 0 Å². The molecule has 1 heterocycles. The van der Waals surface area contributed by atoms with E-state index >= 15 is 0 Å². The maximum absolute atomic E-state index is 12.1. The molecular weight excluding hydrogens is 251 g/mol. The minimum absolute atomic E-state index is 0. The van der Waals surface area contributed by atoms with Gasteiger partial charge in [-0.1, -0.05) is 0 Å². The number of hydrogen-bond donors (Lipinski definition) is 1. The first-order chi connectivity index (χ1) is 6.72. The molecule has 0 amide bonds. The average molecular weight is 260 g/mol. The molecule has 1 aromatic heterocycles. The van der Waals surface area contributed by atoms with Crippen molar-refractivity contribution in [2.75, 3.05) is 0 Å². The predicted octanol–water partition coefficient (Wildman–Crippen LogP) is -2.46. The van der Waals surface area contributed by atoms with Crippen molar-refractivity contribution in [3.8, 4) is 0 Å². The van der Waals surface area contributed by atoms with E-state index in [1.54, 1.807) is 0 Å². The first kappa shape index (κ1) is 16.2. The fourth-order valence-corrected chi connectivity index (χ4v) is 1.13. The van der Waals surface area contributed by atoms with Crippen molar-refractivity contribution in [1.29, 1.82) is 0 Å². The van der Waals surface area contributed by atoms with Crippen molar-refractivity contribution in [2.24, 2.45) is 0 Å². The van der Waals surface area contributed by atoms with Gasteiger partial charge in [-0.25, -0.2) is 0 Å². The summed E-state index contributed by atoms with van der Waals surface area (Å²) in [5.74, 6) is 0. The molecule has 0 bridgehead atoms. The van der Waals surface area contributed by atoms with E-state index < -0.39 is 24.5 Å². The Labute approximate surface area is 132 Å². The number of H-pyrrole nitrogens is 1. The zero-order chi connectivity index (χ0) is 11.8. The molecule has 0 fully saturated rings. The van der Waals surface area contributed by atoms with Crippen LogP contribution in [-0.2, 0) is 6.44 Å². The molecule has 4 nitrogen and oxygen atoms in total.